The van der Waals surface area contributed by atoms with Gasteiger partial charge in [-0.15, -0.1) is 0 Å². The summed E-state index contributed by atoms with van der Waals surface area (Å²) in [4.78, 5) is 23.8. The van der Waals surface area contributed by atoms with Crippen LogP contribution in [0.1, 0.15) is 45.0 Å². The molecule has 0 heterocycles. The largest absolute Gasteiger partial charge is 0.493 e. The molecule has 1 aromatic carbocycles. The molecule has 0 aliphatic rings. The number of esters is 1. The lowest BCUT2D eigenvalue weighted by molar-refractivity contribution is -0.129. The van der Waals surface area contributed by atoms with Gasteiger partial charge in [-0.25, -0.2) is 4.79 Å². The smallest absolute Gasteiger partial charge is 0.338 e. The van der Waals surface area contributed by atoms with Crippen LogP contribution in [-0.4, -0.2) is 31.1 Å². The van der Waals surface area contributed by atoms with Crippen LogP contribution in [0.4, 0.5) is 0 Å². The van der Waals surface area contributed by atoms with Crippen molar-refractivity contribution in [3.05, 3.63) is 29.8 Å². The lowest BCUT2D eigenvalue weighted by atomic mass is 10.2. The monoisotopic (exact) mass is 321 g/mol. The van der Waals surface area contributed by atoms with Gasteiger partial charge < -0.3 is 14.8 Å². The zero-order valence-electron chi connectivity index (χ0n) is 14.6. The van der Waals surface area contributed by atoms with E-state index < -0.39 is 12.1 Å². The molecule has 0 fully saturated rings. The van der Waals surface area contributed by atoms with E-state index in [-0.39, 0.29) is 5.91 Å². The first-order valence-corrected chi connectivity index (χ1v) is 8.01. The first-order valence-electron chi connectivity index (χ1n) is 8.01. The number of nitrogens with one attached hydrogen (secondary N) is 1. The maximum atomic E-state index is 12.0. The molecule has 0 saturated heterocycles. The van der Waals surface area contributed by atoms with E-state index in [4.69, 9.17) is 9.47 Å². The predicted octanol–water partition coefficient (Wildman–Crippen LogP) is 3.04. The Morgan fingerprint density at radius 3 is 2.13 bits per heavy atom. The van der Waals surface area contributed by atoms with E-state index in [1.54, 1.807) is 31.2 Å². The lowest BCUT2D eigenvalue weighted by Gasteiger charge is -2.15. The second-order valence-corrected chi connectivity index (χ2v) is 6.42. The Labute approximate surface area is 138 Å². The number of hydrogen-bond donors (Lipinski definition) is 1. The predicted molar refractivity (Wildman–Crippen MR) is 89.5 cm³/mol. The molecule has 128 valence electrons. The first kappa shape index (κ1) is 19.0. The number of benzene rings is 1. The maximum absolute atomic E-state index is 12.0. The van der Waals surface area contributed by atoms with Crippen LogP contribution in [0.5, 0.6) is 5.75 Å². The third-order valence-electron chi connectivity index (χ3n) is 3.01. The summed E-state index contributed by atoms with van der Waals surface area (Å²) in [5.41, 5.74) is 0.394. The van der Waals surface area contributed by atoms with Gasteiger partial charge in [0.05, 0.1) is 12.2 Å². The summed E-state index contributed by atoms with van der Waals surface area (Å²) in [5.74, 6) is 0.680. The molecule has 0 aliphatic heterocycles. The minimum Gasteiger partial charge on any atom is -0.493 e. The highest BCUT2D eigenvalue weighted by Gasteiger charge is 2.18. The molecule has 1 N–H and O–H groups in total. The summed E-state index contributed by atoms with van der Waals surface area (Å²) in [6.07, 6.45) is -0.821. The quantitative estimate of drug-likeness (QED) is 0.748. The molecular weight excluding hydrogens is 294 g/mol. The highest BCUT2D eigenvalue weighted by Crippen LogP contribution is 2.14. The molecular formula is C18H27NO4. The van der Waals surface area contributed by atoms with Crippen LogP contribution in [0.15, 0.2) is 24.3 Å². The van der Waals surface area contributed by atoms with Crippen molar-refractivity contribution in [3.63, 3.8) is 0 Å². The fourth-order valence-corrected chi connectivity index (χ4v) is 1.68. The second kappa shape index (κ2) is 9.18. The second-order valence-electron chi connectivity index (χ2n) is 6.42. The number of ether oxygens (including phenoxy) is 2. The van der Waals surface area contributed by atoms with Crippen LogP contribution in [-0.2, 0) is 9.53 Å². The van der Waals surface area contributed by atoms with Gasteiger partial charge in [0.15, 0.2) is 6.10 Å². The SMILES string of the molecule is CC(C)CNC(=O)[C@H](C)OC(=O)c1ccc(OCC(C)C)cc1. The highest BCUT2D eigenvalue weighted by atomic mass is 16.5. The molecule has 1 atom stereocenters. The van der Waals surface area contributed by atoms with Crippen molar-refractivity contribution < 1.29 is 19.1 Å². The molecule has 0 saturated carbocycles. The van der Waals surface area contributed by atoms with E-state index in [1.165, 1.54) is 0 Å². The Bertz CT molecular complexity index is 508. The summed E-state index contributed by atoms with van der Waals surface area (Å²) in [7, 11) is 0. The molecule has 23 heavy (non-hydrogen) atoms. The maximum Gasteiger partial charge on any atom is 0.338 e. The Morgan fingerprint density at radius 1 is 1.00 bits per heavy atom. The zero-order valence-corrected chi connectivity index (χ0v) is 14.6. The Kier molecular flexibility index (Phi) is 7.59. The van der Waals surface area contributed by atoms with Gasteiger partial charge in [0.1, 0.15) is 5.75 Å². The van der Waals surface area contributed by atoms with Gasteiger partial charge in [-0.3, -0.25) is 4.79 Å². The molecule has 0 aliphatic carbocycles. The summed E-state index contributed by atoms with van der Waals surface area (Å²) in [6, 6.07) is 6.72. The van der Waals surface area contributed by atoms with Crippen LogP contribution < -0.4 is 10.1 Å². The molecule has 5 nitrogen and oxygen atoms in total. The summed E-state index contributed by atoms with van der Waals surface area (Å²) >= 11 is 0. The zero-order chi connectivity index (χ0) is 17.4. The number of carbonyl (C=O) groups excluding carboxylic acids is 2. The van der Waals surface area contributed by atoms with Crippen LogP contribution in [0.3, 0.4) is 0 Å². The topological polar surface area (TPSA) is 64.6 Å². The molecule has 1 aromatic rings. The van der Waals surface area contributed by atoms with Crippen molar-refractivity contribution in [3.8, 4) is 5.75 Å². The van der Waals surface area contributed by atoms with E-state index >= 15 is 0 Å². The fourth-order valence-electron chi connectivity index (χ4n) is 1.68. The van der Waals surface area contributed by atoms with Crippen LogP contribution >= 0.6 is 0 Å². The van der Waals surface area contributed by atoms with Crippen molar-refractivity contribution in [1.82, 2.24) is 5.32 Å². The minimum atomic E-state index is -0.821. The minimum absolute atomic E-state index is 0.288. The molecule has 0 spiro atoms. The molecule has 0 unspecified atom stereocenters. The van der Waals surface area contributed by atoms with E-state index in [0.29, 0.717) is 36.3 Å². The first-order chi connectivity index (χ1) is 10.8. The molecule has 0 radical (unpaired) electrons. The van der Waals surface area contributed by atoms with Gasteiger partial charge in [-0.1, -0.05) is 27.7 Å². The average molecular weight is 321 g/mol. The third kappa shape index (κ3) is 7.17. The molecule has 1 rings (SSSR count). The van der Waals surface area contributed by atoms with Crippen molar-refractivity contribution in [1.29, 1.82) is 0 Å². The standard InChI is InChI=1S/C18H27NO4/c1-12(2)10-19-17(20)14(5)23-18(21)15-6-8-16(9-7-15)22-11-13(3)4/h6-9,12-14H,10-11H2,1-5H3,(H,19,20)/t14-/m0/s1. The van der Waals surface area contributed by atoms with Crippen molar-refractivity contribution >= 4 is 11.9 Å². The molecule has 0 aromatic heterocycles. The van der Waals surface area contributed by atoms with Gasteiger partial charge in [0, 0.05) is 6.54 Å². The fraction of sp³-hybridized carbons (Fsp3) is 0.556. The van der Waals surface area contributed by atoms with Gasteiger partial charge in [0.25, 0.3) is 5.91 Å². The lowest BCUT2D eigenvalue weighted by Crippen LogP contribution is -2.37. The Morgan fingerprint density at radius 2 is 1.61 bits per heavy atom. The molecule has 0 bridgehead atoms. The number of amides is 1. The van der Waals surface area contributed by atoms with Crippen molar-refractivity contribution in [2.45, 2.75) is 40.7 Å². The Hall–Kier alpha value is -2.04. The summed E-state index contributed by atoms with van der Waals surface area (Å²) in [6.45, 7) is 10.9. The van der Waals surface area contributed by atoms with Crippen LogP contribution in [0, 0.1) is 11.8 Å². The van der Waals surface area contributed by atoms with Gasteiger partial charge >= 0.3 is 5.97 Å². The van der Waals surface area contributed by atoms with Gasteiger partial charge in [0.2, 0.25) is 0 Å². The van der Waals surface area contributed by atoms with E-state index in [0.717, 1.165) is 0 Å². The molecule has 1 amide bonds. The number of rotatable bonds is 8. The van der Waals surface area contributed by atoms with Crippen molar-refractivity contribution in [2.24, 2.45) is 11.8 Å². The number of hydrogen-bond acceptors (Lipinski definition) is 4. The summed E-state index contributed by atoms with van der Waals surface area (Å²) in [5, 5.41) is 2.74. The third-order valence-corrected chi connectivity index (χ3v) is 3.01. The normalized spacial score (nSPS) is 12.1. The van der Waals surface area contributed by atoms with Crippen molar-refractivity contribution in [2.75, 3.05) is 13.2 Å². The van der Waals surface area contributed by atoms with E-state index in [2.05, 4.69) is 19.2 Å². The Balaban J connectivity index is 2.52. The van der Waals surface area contributed by atoms with E-state index in [9.17, 15) is 9.59 Å². The summed E-state index contributed by atoms with van der Waals surface area (Å²) < 4.78 is 10.7. The van der Waals surface area contributed by atoms with Gasteiger partial charge in [-0.05, 0) is 43.0 Å². The average Bonchev–Trinajstić information content (AvgIpc) is 2.50. The van der Waals surface area contributed by atoms with Crippen LogP contribution in [0.25, 0.3) is 0 Å². The number of carbonyl (C=O) groups is 2. The van der Waals surface area contributed by atoms with Crippen LogP contribution in [0.2, 0.25) is 0 Å². The van der Waals surface area contributed by atoms with Gasteiger partial charge in [-0.2, -0.15) is 0 Å². The highest BCUT2D eigenvalue weighted by molar-refractivity contribution is 5.92. The molecule has 5 heteroatoms. The van der Waals surface area contributed by atoms with E-state index in [1.807, 2.05) is 13.8 Å².